The van der Waals surface area contributed by atoms with Crippen molar-refractivity contribution in [1.82, 2.24) is 10.6 Å². The monoisotopic (exact) mass is 272 g/mol. The van der Waals surface area contributed by atoms with Crippen molar-refractivity contribution in [2.24, 2.45) is 0 Å². The second-order valence-electron chi connectivity index (χ2n) is 3.93. The molecule has 5 nitrogen and oxygen atoms in total. The van der Waals surface area contributed by atoms with Crippen molar-refractivity contribution in [3.05, 3.63) is 23.8 Å². The summed E-state index contributed by atoms with van der Waals surface area (Å²) in [5, 5.41) is 5.70. The summed E-state index contributed by atoms with van der Waals surface area (Å²) in [5.41, 5.74) is 0.999. The highest BCUT2D eigenvalue weighted by atomic mass is 35.5. The van der Waals surface area contributed by atoms with Crippen molar-refractivity contribution >= 4 is 18.3 Å². The molecule has 1 atom stereocenters. The lowest BCUT2D eigenvalue weighted by Gasteiger charge is -2.14. The normalized spacial score (nSPS) is 13.7. The smallest absolute Gasteiger partial charge is 0.234 e. The van der Waals surface area contributed by atoms with E-state index in [9.17, 15) is 4.79 Å². The van der Waals surface area contributed by atoms with Gasteiger partial charge in [0.15, 0.2) is 11.5 Å². The lowest BCUT2D eigenvalue weighted by molar-refractivity contribution is -0.120. The van der Waals surface area contributed by atoms with Crippen molar-refractivity contribution in [3.63, 3.8) is 0 Å². The summed E-state index contributed by atoms with van der Waals surface area (Å²) in [4.78, 5) is 11.4. The fourth-order valence-corrected chi connectivity index (χ4v) is 1.72. The summed E-state index contributed by atoms with van der Waals surface area (Å²) < 4.78 is 10.5. The standard InChI is InChI=1S/C12H16N2O3.ClH/c1-8(14-12(15)6-13-2)9-3-4-10-11(5-9)17-7-16-10;/h3-5,8,13H,6-7H2,1-2H3,(H,14,15);1H. The van der Waals surface area contributed by atoms with E-state index in [-0.39, 0.29) is 31.1 Å². The third-order valence-corrected chi connectivity index (χ3v) is 2.61. The molecule has 2 rings (SSSR count). The van der Waals surface area contributed by atoms with Crippen LogP contribution >= 0.6 is 12.4 Å². The van der Waals surface area contributed by atoms with Crippen LogP contribution in [-0.2, 0) is 4.79 Å². The number of likely N-dealkylation sites (N-methyl/N-ethyl adjacent to an activating group) is 1. The predicted octanol–water partition coefficient (Wildman–Crippen LogP) is 1.23. The topological polar surface area (TPSA) is 59.6 Å². The Labute approximate surface area is 112 Å². The van der Waals surface area contributed by atoms with Gasteiger partial charge in [0.1, 0.15) is 0 Å². The van der Waals surface area contributed by atoms with Gasteiger partial charge in [0, 0.05) is 0 Å². The molecule has 18 heavy (non-hydrogen) atoms. The van der Waals surface area contributed by atoms with Crippen LogP contribution in [0.2, 0.25) is 0 Å². The van der Waals surface area contributed by atoms with E-state index in [1.807, 2.05) is 25.1 Å². The van der Waals surface area contributed by atoms with Gasteiger partial charge in [0.25, 0.3) is 0 Å². The number of fused-ring (bicyclic) bond motifs is 1. The zero-order valence-electron chi connectivity index (χ0n) is 10.4. The molecule has 1 aliphatic heterocycles. The summed E-state index contributed by atoms with van der Waals surface area (Å²) in [6.07, 6.45) is 0. The highest BCUT2D eigenvalue weighted by Crippen LogP contribution is 2.33. The van der Waals surface area contributed by atoms with Crippen LogP contribution < -0.4 is 20.1 Å². The first-order chi connectivity index (χ1) is 8.20. The Morgan fingerprint density at radius 3 is 2.83 bits per heavy atom. The van der Waals surface area contributed by atoms with E-state index in [4.69, 9.17) is 9.47 Å². The van der Waals surface area contributed by atoms with Crippen LogP contribution in [0.4, 0.5) is 0 Å². The van der Waals surface area contributed by atoms with E-state index in [0.29, 0.717) is 6.54 Å². The molecule has 1 heterocycles. The number of hydrogen-bond acceptors (Lipinski definition) is 4. The first-order valence-corrected chi connectivity index (χ1v) is 5.54. The van der Waals surface area contributed by atoms with Crippen molar-refractivity contribution in [2.45, 2.75) is 13.0 Å². The number of nitrogens with one attached hydrogen (secondary N) is 2. The van der Waals surface area contributed by atoms with Crippen molar-refractivity contribution in [3.8, 4) is 11.5 Å². The SMILES string of the molecule is CNCC(=O)NC(C)c1ccc2c(c1)OCO2.Cl. The fourth-order valence-electron chi connectivity index (χ4n) is 1.72. The van der Waals surface area contributed by atoms with Gasteiger partial charge in [-0.15, -0.1) is 12.4 Å². The van der Waals surface area contributed by atoms with Gasteiger partial charge in [-0.25, -0.2) is 0 Å². The summed E-state index contributed by atoms with van der Waals surface area (Å²) in [6, 6.07) is 5.63. The Hall–Kier alpha value is -1.46. The molecule has 0 aromatic heterocycles. The lowest BCUT2D eigenvalue weighted by Crippen LogP contribution is -2.33. The van der Waals surface area contributed by atoms with E-state index in [2.05, 4.69) is 10.6 Å². The molecule has 1 amide bonds. The quantitative estimate of drug-likeness (QED) is 0.866. The number of ether oxygens (including phenoxy) is 2. The third kappa shape index (κ3) is 3.27. The molecule has 0 aliphatic carbocycles. The van der Waals surface area contributed by atoms with Crippen molar-refractivity contribution in [1.29, 1.82) is 0 Å². The van der Waals surface area contributed by atoms with Gasteiger partial charge < -0.3 is 20.1 Å². The maximum Gasteiger partial charge on any atom is 0.234 e. The molecule has 0 saturated heterocycles. The maximum atomic E-state index is 11.4. The molecule has 1 aromatic rings. The molecule has 1 unspecified atom stereocenters. The van der Waals surface area contributed by atoms with Gasteiger partial charge in [-0.1, -0.05) is 6.07 Å². The minimum absolute atomic E-state index is 0. The summed E-state index contributed by atoms with van der Waals surface area (Å²) in [7, 11) is 1.74. The van der Waals surface area contributed by atoms with E-state index in [1.54, 1.807) is 7.05 Å². The average molecular weight is 273 g/mol. The Balaban J connectivity index is 0.00000162. The molecule has 2 N–H and O–H groups in total. The van der Waals surface area contributed by atoms with Crippen LogP contribution in [0.25, 0.3) is 0 Å². The molecule has 6 heteroatoms. The van der Waals surface area contributed by atoms with E-state index < -0.39 is 0 Å². The first kappa shape index (κ1) is 14.6. The summed E-state index contributed by atoms with van der Waals surface area (Å²) in [5.74, 6) is 1.46. The predicted molar refractivity (Wildman–Crippen MR) is 70.3 cm³/mol. The van der Waals surface area contributed by atoms with Gasteiger partial charge in [0.2, 0.25) is 12.7 Å². The van der Waals surface area contributed by atoms with Crippen LogP contribution in [0.5, 0.6) is 11.5 Å². The molecule has 1 aromatic carbocycles. The van der Waals surface area contributed by atoms with Crippen LogP contribution in [0.3, 0.4) is 0 Å². The Kier molecular flexibility index (Phi) is 5.25. The molecular formula is C12H17ClN2O3. The van der Waals surface area contributed by atoms with E-state index in [0.717, 1.165) is 17.1 Å². The van der Waals surface area contributed by atoms with Crippen molar-refractivity contribution in [2.75, 3.05) is 20.4 Å². The Morgan fingerprint density at radius 1 is 1.39 bits per heavy atom. The molecule has 0 bridgehead atoms. The zero-order chi connectivity index (χ0) is 12.3. The highest BCUT2D eigenvalue weighted by Gasteiger charge is 2.16. The van der Waals surface area contributed by atoms with Crippen LogP contribution in [0.1, 0.15) is 18.5 Å². The number of rotatable bonds is 4. The summed E-state index contributed by atoms with van der Waals surface area (Å²) >= 11 is 0. The van der Waals surface area contributed by atoms with Gasteiger partial charge >= 0.3 is 0 Å². The fraction of sp³-hybridized carbons (Fsp3) is 0.417. The molecule has 0 saturated carbocycles. The van der Waals surface area contributed by atoms with E-state index in [1.165, 1.54) is 0 Å². The van der Waals surface area contributed by atoms with Crippen molar-refractivity contribution < 1.29 is 14.3 Å². The minimum atomic E-state index is -0.0506. The Bertz CT molecular complexity index is 426. The zero-order valence-corrected chi connectivity index (χ0v) is 11.2. The number of hydrogen-bond donors (Lipinski definition) is 2. The first-order valence-electron chi connectivity index (χ1n) is 5.54. The number of benzene rings is 1. The largest absolute Gasteiger partial charge is 0.454 e. The molecule has 100 valence electrons. The Morgan fingerprint density at radius 2 is 2.11 bits per heavy atom. The van der Waals surface area contributed by atoms with Crippen LogP contribution in [0, 0.1) is 0 Å². The average Bonchev–Trinajstić information content (AvgIpc) is 2.75. The number of carbonyl (C=O) groups is 1. The van der Waals surface area contributed by atoms with E-state index >= 15 is 0 Å². The minimum Gasteiger partial charge on any atom is -0.454 e. The maximum absolute atomic E-state index is 11.4. The van der Waals surface area contributed by atoms with Gasteiger partial charge in [-0.3, -0.25) is 4.79 Å². The van der Waals surface area contributed by atoms with Crippen LogP contribution in [-0.4, -0.2) is 26.3 Å². The molecule has 0 radical (unpaired) electrons. The molecule has 0 fully saturated rings. The van der Waals surface area contributed by atoms with Crippen LogP contribution in [0.15, 0.2) is 18.2 Å². The molecule has 1 aliphatic rings. The number of halogens is 1. The summed E-state index contributed by atoms with van der Waals surface area (Å²) in [6.45, 7) is 2.51. The molecular weight excluding hydrogens is 256 g/mol. The van der Waals surface area contributed by atoms with Gasteiger partial charge in [-0.2, -0.15) is 0 Å². The van der Waals surface area contributed by atoms with Gasteiger partial charge in [-0.05, 0) is 31.7 Å². The van der Waals surface area contributed by atoms with Gasteiger partial charge in [0.05, 0.1) is 12.6 Å². The number of carbonyl (C=O) groups excluding carboxylic acids is 1. The lowest BCUT2D eigenvalue weighted by atomic mass is 10.1. The second kappa shape index (κ2) is 6.47. The second-order valence-corrected chi connectivity index (χ2v) is 3.93. The molecule has 0 spiro atoms. The highest BCUT2D eigenvalue weighted by molar-refractivity contribution is 5.85. The third-order valence-electron chi connectivity index (χ3n) is 2.61. The number of amides is 1.